The Kier molecular flexibility index (Phi) is 5.86. The van der Waals surface area contributed by atoms with Gasteiger partial charge in [-0.05, 0) is 55.2 Å². The Morgan fingerprint density at radius 1 is 1.17 bits per heavy atom. The highest BCUT2D eigenvalue weighted by Crippen LogP contribution is 2.45. The number of nitrogens with one attached hydrogen (secondary N) is 1. The summed E-state index contributed by atoms with van der Waals surface area (Å²) in [5, 5.41) is 2.85. The molecule has 2 aromatic rings. The molecule has 2 aliphatic rings. The van der Waals surface area contributed by atoms with Gasteiger partial charge >= 0.3 is 0 Å². The van der Waals surface area contributed by atoms with E-state index < -0.39 is 5.82 Å². The molecule has 1 N–H and O–H groups in total. The molecule has 2 heterocycles. The Balaban J connectivity index is 1.55. The standard InChI is InChI=1S/C24H27FN2O3/c1-2-17-6-8-18(9-7-17)23(29)27-15-21(24(16-27)10-12-30-13-11-24)22(28)26-20-5-3-4-19(25)14-20/h3-9,14,21H,2,10-13,15-16H2,1H3,(H,26,28). The number of halogens is 1. The Bertz CT molecular complexity index is 922. The van der Waals surface area contributed by atoms with Crippen LogP contribution in [0.2, 0.25) is 0 Å². The molecule has 158 valence electrons. The lowest BCUT2D eigenvalue weighted by Gasteiger charge is -2.37. The number of benzene rings is 2. The van der Waals surface area contributed by atoms with Crippen LogP contribution < -0.4 is 5.32 Å². The third kappa shape index (κ3) is 4.10. The molecule has 0 saturated carbocycles. The minimum absolute atomic E-state index is 0.0513. The van der Waals surface area contributed by atoms with Crippen LogP contribution in [-0.2, 0) is 16.0 Å². The molecule has 0 radical (unpaired) electrons. The molecule has 5 nitrogen and oxygen atoms in total. The number of ether oxygens (including phenoxy) is 1. The van der Waals surface area contributed by atoms with Gasteiger partial charge in [0.1, 0.15) is 5.82 Å². The molecule has 1 atom stereocenters. The minimum atomic E-state index is -0.396. The minimum Gasteiger partial charge on any atom is -0.381 e. The van der Waals surface area contributed by atoms with Crippen molar-refractivity contribution in [3.8, 4) is 0 Å². The molecule has 2 aromatic carbocycles. The summed E-state index contributed by atoms with van der Waals surface area (Å²) in [5.74, 6) is -0.973. The summed E-state index contributed by atoms with van der Waals surface area (Å²) >= 11 is 0. The van der Waals surface area contributed by atoms with Gasteiger partial charge in [-0.25, -0.2) is 4.39 Å². The number of carbonyl (C=O) groups excluding carboxylic acids is 2. The zero-order valence-electron chi connectivity index (χ0n) is 17.2. The Morgan fingerprint density at radius 3 is 2.57 bits per heavy atom. The molecule has 2 amide bonds. The summed E-state index contributed by atoms with van der Waals surface area (Å²) in [6.45, 7) is 4.13. The van der Waals surface area contributed by atoms with Gasteiger partial charge in [-0.3, -0.25) is 9.59 Å². The van der Waals surface area contributed by atoms with E-state index in [1.165, 1.54) is 17.7 Å². The predicted octanol–water partition coefficient (Wildman–Crippen LogP) is 3.90. The van der Waals surface area contributed by atoms with E-state index in [9.17, 15) is 14.0 Å². The summed E-state index contributed by atoms with van der Waals surface area (Å²) in [4.78, 5) is 28.1. The fourth-order valence-corrected chi connectivity index (χ4v) is 4.63. The fraction of sp³-hybridized carbons (Fsp3) is 0.417. The number of likely N-dealkylation sites (tertiary alicyclic amines) is 1. The van der Waals surface area contributed by atoms with Gasteiger partial charge in [0.2, 0.25) is 5.91 Å². The van der Waals surface area contributed by atoms with Crippen LogP contribution >= 0.6 is 0 Å². The van der Waals surface area contributed by atoms with Gasteiger partial charge in [-0.2, -0.15) is 0 Å². The van der Waals surface area contributed by atoms with Crippen molar-refractivity contribution < 1.29 is 18.7 Å². The van der Waals surface area contributed by atoms with E-state index in [0.717, 1.165) is 19.3 Å². The highest BCUT2D eigenvalue weighted by molar-refractivity contribution is 5.97. The average molecular weight is 410 g/mol. The molecule has 2 fully saturated rings. The first kappa shape index (κ1) is 20.5. The molecule has 30 heavy (non-hydrogen) atoms. The van der Waals surface area contributed by atoms with Crippen molar-refractivity contribution in [2.24, 2.45) is 11.3 Å². The molecular formula is C24H27FN2O3. The molecule has 1 unspecified atom stereocenters. The van der Waals surface area contributed by atoms with Gasteiger partial charge in [-0.15, -0.1) is 0 Å². The molecule has 2 aliphatic heterocycles. The Morgan fingerprint density at radius 2 is 1.90 bits per heavy atom. The maximum atomic E-state index is 13.5. The second-order valence-corrected chi connectivity index (χ2v) is 8.26. The van der Waals surface area contributed by atoms with Crippen molar-refractivity contribution in [1.82, 2.24) is 4.90 Å². The van der Waals surface area contributed by atoms with E-state index in [-0.39, 0.29) is 23.1 Å². The number of rotatable bonds is 4. The summed E-state index contributed by atoms with van der Waals surface area (Å²) in [6, 6.07) is 13.6. The Hall–Kier alpha value is -2.73. The monoisotopic (exact) mass is 410 g/mol. The molecule has 0 aromatic heterocycles. The molecule has 0 bridgehead atoms. The lowest BCUT2D eigenvalue weighted by atomic mass is 9.71. The summed E-state index contributed by atoms with van der Waals surface area (Å²) in [5.41, 5.74) is 1.94. The van der Waals surface area contributed by atoms with E-state index >= 15 is 0 Å². The van der Waals surface area contributed by atoms with Crippen molar-refractivity contribution in [2.75, 3.05) is 31.6 Å². The first-order valence-electron chi connectivity index (χ1n) is 10.5. The molecule has 0 aliphatic carbocycles. The van der Waals surface area contributed by atoms with Gasteiger partial charge in [0.25, 0.3) is 5.91 Å². The first-order valence-corrected chi connectivity index (χ1v) is 10.5. The highest BCUT2D eigenvalue weighted by atomic mass is 19.1. The predicted molar refractivity (Wildman–Crippen MR) is 113 cm³/mol. The summed E-state index contributed by atoms with van der Waals surface area (Å²) in [7, 11) is 0. The smallest absolute Gasteiger partial charge is 0.253 e. The third-order valence-corrected chi connectivity index (χ3v) is 6.44. The van der Waals surface area contributed by atoms with Crippen LogP contribution in [0.15, 0.2) is 48.5 Å². The Labute approximate surface area is 176 Å². The zero-order chi connectivity index (χ0) is 21.1. The number of hydrogen-bond donors (Lipinski definition) is 1. The zero-order valence-corrected chi connectivity index (χ0v) is 17.2. The number of nitrogens with zero attached hydrogens (tertiary/aromatic N) is 1. The highest BCUT2D eigenvalue weighted by Gasteiger charge is 2.51. The average Bonchev–Trinajstić information content (AvgIpc) is 3.12. The van der Waals surface area contributed by atoms with Gasteiger partial charge in [-0.1, -0.05) is 25.1 Å². The van der Waals surface area contributed by atoms with E-state index in [1.807, 2.05) is 24.3 Å². The van der Waals surface area contributed by atoms with Crippen LogP contribution in [0.25, 0.3) is 0 Å². The first-order chi connectivity index (χ1) is 14.5. The van der Waals surface area contributed by atoms with E-state index in [2.05, 4.69) is 12.2 Å². The number of aryl methyl sites for hydroxylation is 1. The largest absolute Gasteiger partial charge is 0.381 e. The van der Waals surface area contributed by atoms with Crippen LogP contribution in [0.1, 0.15) is 35.7 Å². The topological polar surface area (TPSA) is 58.6 Å². The molecule has 1 spiro atoms. The number of hydrogen-bond acceptors (Lipinski definition) is 3. The van der Waals surface area contributed by atoms with Crippen molar-refractivity contribution >= 4 is 17.5 Å². The maximum absolute atomic E-state index is 13.5. The normalized spacial score (nSPS) is 20.3. The van der Waals surface area contributed by atoms with Gasteiger partial charge < -0.3 is 15.0 Å². The van der Waals surface area contributed by atoms with Gasteiger partial charge in [0.15, 0.2) is 0 Å². The quantitative estimate of drug-likeness (QED) is 0.832. The SMILES string of the molecule is CCc1ccc(C(=O)N2CC(C(=O)Nc3cccc(F)c3)C3(CCOCC3)C2)cc1. The number of anilines is 1. The van der Waals surface area contributed by atoms with Crippen LogP contribution in [0.4, 0.5) is 10.1 Å². The second-order valence-electron chi connectivity index (χ2n) is 8.26. The lowest BCUT2D eigenvalue weighted by Crippen LogP contribution is -2.42. The molecule has 2 saturated heterocycles. The molecule has 6 heteroatoms. The van der Waals surface area contributed by atoms with E-state index in [0.29, 0.717) is 37.6 Å². The number of amides is 2. The summed E-state index contributed by atoms with van der Waals surface area (Å²) < 4.78 is 19.1. The lowest BCUT2D eigenvalue weighted by molar-refractivity contribution is -0.124. The van der Waals surface area contributed by atoms with E-state index in [4.69, 9.17) is 4.74 Å². The van der Waals surface area contributed by atoms with Gasteiger partial charge in [0.05, 0.1) is 5.92 Å². The third-order valence-electron chi connectivity index (χ3n) is 6.44. The fourth-order valence-electron chi connectivity index (χ4n) is 4.63. The van der Waals surface area contributed by atoms with Gasteiger partial charge in [0, 0.05) is 43.0 Å². The van der Waals surface area contributed by atoms with Crippen LogP contribution in [-0.4, -0.2) is 43.0 Å². The van der Waals surface area contributed by atoms with Crippen LogP contribution in [0.5, 0.6) is 0 Å². The molecular weight excluding hydrogens is 383 g/mol. The van der Waals surface area contributed by atoms with Crippen molar-refractivity contribution in [3.05, 3.63) is 65.5 Å². The van der Waals surface area contributed by atoms with Crippen molar-refractivity contribution in [1.29, 1.82) is 0 Å². The number of carbonyl (C=O) groups is 2. The summed E-state index contributed by atoms with van der Waals surface area (Å²) in [6.07, 6.45) is 2.38. The maximum Gasteiger partial charge on any atom is 0.253 e. The van der Waals surface area contributed by atoms with E-state index in [1.54, 1.807) is 17.0 Å². The van der Waals surface area contributed by atoms with Crippen LogP contribution in [0, 0.1) is 17.2 Å². The van der Waals surface area contributed by atoms with Crippen molar-refractivity contribution in [2.45, 2.75) is 26.2 Å². The molecule has 4 rings (SSSR count). The van der Waals surface area contributed by atoms with Crippen molar-refractivity contribution in [3.63, 3.8) is 0 Å². The van der Waals surface area contributed by atoms with Crippen LogP contribution in [0.3, 0.4) is 0 Å². The second kappa shape index (κ2) is 8.56.